The molecule has 0 atom stereocenters. The molecule has 2 aromatic carbocycles. The Morgan fingerprint density at radius 2 is 1.50 bits per heavy atom. The van der Waals surface area contributed by atoms with E-state index in [0.717, 1.165) is 61.8 Å². The van der Waals surface area contributed by atoms with Gasteiger partial charge in [-0.1, -0.05) is 75.9 Å². The molecular formula is C29H36N2O. The number of rotatable bonds is 10. The number of hydrogen-bond acceptors (Lipinski definition) is 3. The van der Waals surface area contributed by atoms with Crippen molar-refractivity contribution in [1.82, 2.24) is 0 Å². The van der Waals surface area contributed by atoms with E-state index in [9.17, 15) is 10.5 Å². The zero-order chi connectivity index (χ0) is 22.8. The fourth-order valence-corrected chi connectivity index (χ4v) is 4.85. The van der Waals surface area contributed by atoms with Gasteiger partial charge >= 0.3 is 0 Å². The number of benzene rings is 2. The number of nitrogens with zero attached hydrogens (tertiary/aromatic N) is 2. The largest absolute Gasteiger partial charge is 0.378 e. The second-order valence-electron chi connectivity index (χ2n) is 8.99. The van der Waals surface area contributed by atoms with E-state index in [4.69, 9.17) is 4.74 Å². The first-order valence-electron chi connectivity index (χ1n) is 12.4. The molecule has 2 aromatic rings. The molecule has 0 radical (unpaired) electrons. The van der Waals surface area contributed by atoms with E-state index in [-0.39, 0.29) is 0 Å². The van der Waals surface area contributed by atoms with Gasteiger partial charge in [0.25, 0.3) is 0 Å². The lowest BCUT2D eigenvalue weighted by Crippen LogP contribution is -2.22. The first kappa shape index (κ1) is 24.0. The molecule has 0 bridgehead atoms. The second kappa shape index (κ2) is 12.4. The molecule has 0 spiro atoms. The van der Waals surface area contributed by atoms with Gasteiger partial charge in [0, 0.05) is 12.2 Å². The lowest BCUT2D eigenvalue weighted by Gasteiger charge is -2.29. The van der Waals surface area contributed by atoms with Crippen molar-refractivity contribution in [2.45, 2.75) is 90.1 Å². The molecule has 3 heteroatoms. The van der Waals surface area contributed by atoms with Crippen molar-refractivity contribution in [2.24, 2.45) is 0 Å². The minimum absolute atomic E-state index is 0.331. The van der Waals surface area contributed by atoms with Crippen LogP contribution in [0.4, 0.5) is 0 Å². The molecule has 0 heterocycles. The lowest BCUT2D eigenvalue weighted by molar-refractivity contribution is 0.0226. The van der Waals surface area contributed by atoms with Gasteiger partial charge < -0.3 is 4.74 Å². The SMILES string of the molecule is CCCCCCCOC1CCC(c2ccc(-c3ccc(CC)cc3)c(C#N)c2C#N)CC1. The Bertz CT molecular complexity index is 941. The number of hydrogen-bond donors (Lipinski definition) is 0. The Kier molecular flexibility index (Phi) is 9.33. The van der Waals surface area contributed by atoms with E-state index in [1.54, 1.807) is 0 Å². The summed E-state index contributed by atoms with van der Waals surface area (Å²) in [5.74, 6) is 0.331. The predicted octanol–water partition coefficient (Wildman–Crippen LogP) is 7.67. The van der Waals surface area contributed by atoms with Crippen LogP contribution in [-0.4, -0.2) is 12.7 Å². The van der Waals surface area contributed by atoms with Gasteiger partial charge in [-0.25, -0.2) is 0 Å². The Morgan fingerprint density at radius 3 is 2.12 bits per heavy atom. The molecule has 0 unspecified atom stereocenters. The van der Waals surface area contributed by atoms with Crippen molar-refractivity contribution in [3.05, 3.63) is 58.7 Å². The Balaban J connectivity index is 1.66. The highest BCUT2D eigenvalue weighted by Gasteiger charge is 2.26. The highest BCUT2D eigenvalue weighted by molar-refractivity contribution is 5.75. The molecule has 3 nitrogen and oxygen atoms in total. The molecule has 1 aliphatic carbocycles. The van der Waals surface area contributed by atoms with Crippen LogP contribution in [0.2, 0.25) is 0 Å². The van der Waals surface area contributed by atoms with Gasteiger partial charge in [-0.2, -0.15) is 10.5 Å². The molecule has 0 N–H and O–H groups in total. The molecule has 1 aliphatic rings. The minimum atomic E-state index is 0.331. The van der Waals surface area contributed by atoms with E-state index in [1.807, 2.05) is 6.07 Å². The Morgan fingerprint density at radius 1 is 0.812 bits per heavy atom. The lowest BCUT2D eigenvalue weighted by atomic mass is 9.79. The van der Waals surface area contributed by atoms with Gasteiger partial charge in [-0.3, -0.25) is 0 Å². The Labute approximate surface area is 194 Å². The van der Waals surface area contributed by atoms with Gasteiger partial charge in [-0.05, 0) is 61.1 Å². The van der Waals surface area contributed by atoms with Gasteiger partial charge in [-0.15, -0.1) is 0 Å². The van der Waals surface area contributed by atoms with Crippen LogP contribution in [0.3, 0.4) is 0 Å². The van der Waals surface area contributed by atoms with Crippen LogP contribution in [0, 0.1) is 22.7 Å². The second-order valence-corrected chi connectivity index (χ2v) is 8.99. The summed E-state index contributed by atoms with van der Waals surface area (Å²) in [5, 5.41) is 19.9. The molecule has 1 saturated carbocycles. The highest BCUT2D eigenvalue weighted by Crippen LogP contribution is 2.38. The summed E-state index contributed by atoms with van der Waals surface area (Å²) in [7, 11) is 0. The summed E-state index contributed by atoms with van der Waals surface area (Å²) in [6.07, 6.45) is 11.8. The summed E-state index contributed by atoms with van der Waals surface area (Å²) < 4.78 is 6.13. The van der Waals surface area contributed by atoms with Crippen LogP contribution < -0.4 is 0 Å². The van der Waals surface area contributed by atoms with Crippen LogP contribution >= 0.6 is 0 Å². The maximum atomic E-state index is 9.95. The predicted molar refractivity (Wildman–Crippen MR) is 130 cm³/mol. The third kappa shape index (κ3) is 5.99. The van der Waals surface area contributed by atoms with Gasteiger partial charge in [0.2, 0.25) is 0 Å². The van der Waals surface area contributed by atoms with Crippen LogP contribution in [0.1, 0.15) is 99.8 Å². The van der Waals surface area contributed by atoms with Gasteiger partial charge in [0.05, 0.1) is 17.2 Å². The summed E-state index contributed by atoms with van der Waals surface area (Å²) >= 11 is 0. The fourth-order valence-electron chi connectivity index (χ4n) is 4.85. The average Bonchev–Trinajstić information content (AvgIpc) is 2.85. The highest BCUT2D eigenvalue weighted by atomic mass is 16.5. The van der Waals surface area contributed by atoms with Crippen molar-refractivity contribution in [3.8, 4) is 23.3 Å². The van der Waals surface area contributed by atoms with Crippen molar-refractivity contribution >= 4 is 0 Å². The Hall–Kier alpha value is -2.62. The molecule has 0 aliphatic heterocycles. The standard InChI is InChI=1S/C29H36N2O/c1-3-5-6-7-8-19-32-25-15-13-24(14-16-25)27-18-17-26(28(20-30)29(27)21-31)23-11-9-22(4-2)10-12-23/h9-12,17-18,24-25H,3-8,13-16,19H2,1-2H3. The fraction of sp³-hybridized carbons (Fsp3) is 0.517. The number of unbranched alkanes of at least 4 members (excludes halogenated alkanes) is 4. The van der Waals surface area contributed by atoms with Crippen LogP contribution in [0.25, 0.3) is 11.1 Å². The van der Waals surface area contributed by atoms with E-state index in [0.29, 0.717) is 23.1 Å². The molecule has 0 aromatic heterocycles. The summed E-state index contributed by atoms with van der Waals surface area (Å²) in [4.78, 5) is 0. The maximum Gasteiger partial charge on any atom is 0.101 e. The van der Waals surface area contributed by atoms with E-state index in [2.05, 4.69) is 56.3 Å². The number of ether oxygens (including phenoxy) is 1. The molecule has 168 valence electrons. The zero-order valence-electron chi connectivity index (χ0n) is 19.7. The maximum absolute atomic E-state index is 9.95. The van der Waals surface area contributed by atoms with Gasteiger partial charge in [0.1, 0.15) is 12.1 Å². The molecule has 0 saturated heterocycles. The summed E-state index contributed by atoms with van der Waals surface area (Å²) in [5.41, 5.74) is 5.23. The van der Waals surface area contributed by atoms with Crippen LogP contribution in [0.15, 0.2) is 36.4 Å². The summed E-state index contributed by atoms with van der Waals surface area (Å²) in [6.45, 7) is 5.24. The topological polar surface area (TPSA) is 56.8 Å². The van der Waals surface area contributed by atoms with Crippen molar-refractivity contribution in [1.29, 1.82) is 10.5 Å². The van der Waals surface area contributed by atoms with Crippen LogP contribution in [0.5, 0.6) is 0 Å². The minimum Gasteiger partial charge on any atom is -0.378 e. The summed E-state index contributed by atoms with van der Waals surface area (Å²) in [6, 6.07) is 17.1. The van der Waals surface area contributed by atoms with E-state index >= 15 is 0 Å². The third-order valence-electron chi connectivity index (χ3n) is 6.85. The first-order valence-corrected chi connectivity index (χ1v) is 12.4. The zero-order valence-corrected chi connectivity index (χ0v) is 19.7. The quantitative estimate of drug-likeness (QED) is 0.365. The van der Waals surface area contributed by atoms with Crippen molar-refractivity contribution in [3.63, 3.8) is 0 Å². The normalized spacial score (nSPS) is 18.1. The third-order valence-corrected chi connectivity index (χ3v) is 6.85. The van der Waals surface area contributed by atoms with Gasteiger partial charge in [0.15, 0.2) is 0 Å². The average molecular weight is 429 g/mol. The molecule has 0 amide bonds. The monoisotopic (exact) mass is 428 g/mol. The van der Waals surface area contributed by atoms with Crippen LogP contribution in [-0.2, 0) is 11.2 Å². The van der Waals surface area contributed by atoms with Crippen molar-refractivity contribution < 1.29 is 4.74 Å². The first-order chi connectivity index (χ1) is 15.7. The molecular weight excluding hydrogens is 392 g/mol. The van der Waals surface area contributed by atoms with Crippen molar-refractivity contribution in [2.75, 3.05) is 6.61 Å². The number of aryl methyl sites for hydroxylation is 1. The molecule has 1 fully saturated rings. The van der Waals surface area contributed by atoms with E-state index in [1.165, 1.54) is 31.2 Å². The molecule has 3 rings (SSSR count). The molecule has 32 heavy (non-hydrogen) atoms. The number of nitriles is 2. The smallest absolute Gasteiger partial charge is 0.101 e. The van der Waals surface area contributed by atoms with E-state index < -0.39 is 0 Å².